The highest BCUT2D eigenvalue weighted by molar-refractivity contribution is 7.08. The van der Waals surface area contributed by atoms with E-state index in [1.54, 1.807) is 11.3 Å². The van der Waals surface area contributed by atoms with Crippen LogP contribution < -0.4 is 0 Å². The second kappa shape index (κ2) is 4.15. The van der Waals surface area contributed by atoms with Gasteiger partial charge in [-0.05, 0) is 23.9 Å². The molecule has 0 saturated heterocycles. The molecule has 2 aromatic rings. The van der Waals surface area contributed by atoms with Crippen molar-refractivity contribution in [1.29, 1.82) is 0 Å². The van der Waals surface area contributed by atoms with Crippen molar-refractivity contribution in [3.8, 4) is 11.3 Å². The molecule has 2 aromatic heterocycles. The van der Waals surface area contributed by atoms with Gasteiger partial charge in [0.05, 0.1) is 5.69 Å². The largest absolute Gasteiger partial charge is 0.254 e. The fourth-order valence-electron chi connectivity index (χ4n) is 1.39. The average Bonchev–Trinajstić information content (AvgIpc) is 2.85. The van der Waals surface area contributed by atoms with Crippen molar-refractivity contribution in [3.05, 3.63) is 28.6 Å². The summed E-state index contributed by atoms with van der Waals surface area (Å²) in [6.07, 6.45) is 0.962. The van der Waals surface area contributed by atoms with E-state index in [1.165, 1.54) is 11.3 Å². The van der Waals surface area contributed by atoms with Gasteiger partial charge in [-0.2, -0.15) is 16.4 Å². The van der Waals surface area contributed by atoms with Crippen LogP contribution in [0, 0.1) is 0 Å². The third kappa shape index (κ3) is 1.70. The van der Waals surface area contributed by atoms with E-state index in [0.29, 0.717) is 6.00 Å². The van der Waals surface area contributed by atoms with E-state index < -0.39 is 0 Å². The van der Waals surface area contributed by atoms with Gasteiger partial charge >= 0.3 is 0 Å². The van der Waals surface area contributed by atoms with Crippen molar-refractivity contribution < 1.29 is 0 Å². The first kappa shape index (κ1) is 9.74. The molecule has 0 aliphatic heterocycles. The Kier molecular flexibility index (Phi) is 2.89. The van der Waals surface area contributed by atoms with Crippen LogP contribution in [0.15, 0.2) is 22.9 Å². The fourth-order valence-corrected chi connectivity index (χ4v) is 2.25. The molecule has 14 heavy (non-hydrogen) atoms. The lowest BCUT2D eigenvalue weighted by Crippen LogP contribution is -1.99. The van der Waals surface area contributed by atoms with Crippen LogP contribution in [0.1, 0.15) is 12.6 Å². The third-order valence-electron chi connectivity index (χ3n) is 2.16. The summed E-state index contributed by atoms with van der Waals surface area (Å²) in [6, 6.07) is 4.60. The maximum absolute atomic E-state index is 5.79. The van der Waals surface area contributed by atoms with Gasteiger partial charge in [-0.1, -0.05) is 6.92 Å². The van der Waals surface area contributed by atoms with Crippen LogP contribution in [0.4, 0.5) is 0 Å². The minimum Gasteiger partial charge on any atom is -0.254 e. The zero-order valence-electron chi connectivity index (χ0n) is 7.90. The summed E-state index contributed by atoms with van der Waals surface area (Å²) in [5.74, 6) is 0. The molecule has 0 unspecified atom stereocenters. The van der Waals surface area contributed by atoms with Crippen molar-refractivity contribution in [1.82, 2.24) is 9.78 Å². The van der Waals surface area contributed by atoms with Gasteiger partial charge in [-0.3, -0.25) is 4.68 Å². The lowest BCUT2D eigenvalue weighted by Gasteiger charge is -1.97. The average molecular weight is 227 g/mol. The molecule has 0 bridgehead atoms. The van der Waals surface area contributed by atoms with Crippen LogP contribution in [0.3, 0.4) is 0 Å². The van der Waals surface area contributed by atoms with E-state index in [1.807, 2.05) is 4.68 Å². The Balaban J connectivity index is 2.41. The molecule has 0 atom stereocenters. The number of alkyl halides is 1. The highest BCUT2D eigenvalue weighted by Gasteiger charge is 2.07. The third-order valence-corrected chi connectivity index (χ3v) is 3.07. The molecule has 0 amide bonds. The van der Waals surface area contributed by atoms with Crippen molar-refractivity contribution in [2.24, 2.45) is 0 Å². The van der Waals surface area contributed by atoms with Crippen LogP contribution in [-0.2, 0) is 12.4 Å². The summed E-state index contributed by atoms with van der Waals surface area (Å²) in [5.41, 5.74) is 3.37. The Labute approximate surface area is 92.1 Å². The Bertz CT molecular complexity index is 384. The zero-order chi connectivity index (χ0) is 9.97. The number of halogens is 1. The Hall–Kier alpha value is -0.800. The van der Waals surface area contributed by atoms with Gasteiger partial charge in [0, 0.05) is 16.6 Å². The molecule has 0 N–H and O–H groups in total. The second-order valence-electron chi connectivity index (χ2n) is 3.01. The van der Waals surface area contributed by atoms with E-state index in [-0.39, 0.29) is 0 Å². The summed E-state index contributed by atoms with van der Waals surface area (Å²) in [5, 5.41) is 8.59. The van der Waals surface area contributed by atoms with Crippen molar-refractivity contribution in [3.63, 3.8) is 0 Å². The van der Waals surface area contributed by atoms with Gasteiger partial charge in [-0.25, -0.2) is 0 Å². The van der Waals surface area contributed by atoms with Crippen LogP contribution in [0.5, 0.6) is 0 Å². The first-order valence-corrected chi connectivity index (χ1v) is 5.98. The number of aromatic nitrogens is 2. The predicted molar refractivity (Wildman–Crippen MR) is 60.8 cm³/mol. The first-order chi connectivity index (χ1) is 6.85. The molecular weight excluding hydrogens is 216 g/mol. The Morgan fingerprint density at radius 1 is 1.57 bits per heavy atom. The van der Waals surface area contributed by atoms with Crippen LogP contribution in [0.2, 0.25) is 0 Å². The first-order valence-electron chi connectivity index (χ1n) is 4.50. The van der Waals surface area contributed by atoms with Crippen molar-refractivity contribution >= 4 is 22.9 Å². The Morgan fingerprint density at radius 3 is 2.93 bits per heavy atom. The van der Waals surface area contributed by atoms with E-state index in [9.17, 15) is 0 Å². The van der Waals surface area contributed by atoms with Crippen LogP contribution in [0.25, 0.3) is 11.3 Å². The standard InChI is InChI=1S/C10H11ClN2S/c1-2-9-5-10(12-13(9)7-11)8-3-4-14-6-8/h3-6H,2,7H2,1H3. The molecule has 0 saturated carbocycles. The summed E-state index contributed by atoms with van der Waals surface area (Å²) >= 11 is 7.47. The van der Waals surface area contributed by atoms with E-state index in [2.05, 4.69) is 34.9 Å². The van der Waals surface area contributed by atoms with E-state index in [0.717, 1.165) is 12.1 Å². The molecule has 0 aliphatic rings. The van der Waals surface area contributed by atoms with Gasteiger partial charge < -0.3 is 0 Å². The Morgan fingerprint density at radius 2 is 2.43 bits per heavy atom. The van der Waals surface area contributed by atoms with E-state index >= 15 is 0 Å². The van der Waals surface area contributed by atoms with Gasteiger partial charge in [0.2, 0.25) is 0 Å². The van der Waals surface area contributed by atoms with Gasteiger partial charge in [0.25, 0.3) is 0 Å². The SMILES string of the molecule is CCc1cc(-c2ccsc2)nn1CCl. The number of hydrogen-bond donors (Lipinski definition) is 0. The summed E-state index contributed by atoms with van der Waals surface area (Å²) < 4.78 is 1.84. The number of nitrogens with zero attached hydrogens (tertiary/aromatic N) is 2. The van der Waals surface area contributed by atoms with Gasteiger partial charge in [0.15, 0.2) is 0 Å². The zero-order valence-corrected chi connectivity index (χ0v) is 9.48. The predicted octanol–water partition coefficient (Wildman–Crippen LogP) is 3.37. The highest BCUT2D eigenvalue weighted by atomic mass is 35.5. The fraction of sp³-hybridized carbons (Fsp3) is 0.300. The molecule has 2 rings (SSSR count). The maximum Gasteiger partial charge on any atom is 0.115 e. The van der Waals surface area contributed by atoms with Crippen LogP contribution >= 0.6 is 22.9 Å². The second-order valence-corrected chi connectivity index (χ2v) is 4.02. The molecule has 4 heteroatoms. The summed E-state index contributed by atoms with van der Waals surface area (Å²) in [4.78, 5) is 0. The molecular formula is C10H11ClN2S. The molecule has 0 fully saturated rings. The molecule has 0 aliphatic carbocycles. The lowest BCUT2D eigenvalue weighted by atomic mass is 10.2. The topological polar surface area (TPSA) is 17.8 Å². The molecule has 2 nitrogen and oxygen atoms in total. The number of thiophene rings is 1. The molecule has 0 radical (unpaired) electrons. The molecule has 0 aromatic carbocycles. The number of aryl methyl sites for hydroxylation is 1. The number of rotatable bonds is 3. The van der Waals surface area contributed by atoms with Gasteiger partial charge in [0.1, 0.15) is 6.00 Å². The molecule has 74 valence electrons. The van der Waals surface area contributed by atoms with Gasteiger partial charge in [-0.15, -0.1) is 11.6 Å². The molecule has 2 heterocycles. The normalized spacial score (nSPS) is 10.7. The van der Waals surface area contributed by atoms with Crippen LogP contribution in [-0.4, -0.2) is 9.78 Å². The minimum atomic E-state index is 0.424. The molecule has 0 spiro atoms. The smallest absolute Gasteiger partial charge is 0.115 e. The lowest BCUT2D eigenvalue weighted by molar-refractivity contribution is 0.700. The van der Waals surface area contributed by atoms with Crippen molar-refractivity contribution in [2.45, 2.75) is 19.3 Å². The monoisotopic (exact) mass is 226 g/mol. The van der Waals surface area contributed by atoms with Crippen molar-refractivity contribution in [2.75, 3.05) is 0 Å². The minimum absolute atomic E-state index is 0.424. The summed E-state index contributed by atoms with van der Waals surface area (Å²) in [7, 11) is 0. The summed E-state index contributed by atoms with van der Waals surface area (Å²) in [6.45, 7) is 2.11. The highest BCUT2D eigenvalue weighted by Crippen LogP contribution is 2.22. The van der Waals surface area contributed by atoms with E-state index in [4.69, 9.17) is 11.6 Å². The quantitative estimate of drug-likeness (QED) is 0.734. The number of hydrogen-bond acceptors (Lipinski definition) is 2. The maximum atomic E-state index is 5.79.